The van der Waals surface area contributed by atoms with E-state index in [0.717, 1.165) is 10.2 Å². The summed E-state index contributed by atoms with van der Waals surface area (Å²) in [5.74, 6) is -0.788. The summed E-state index contributed by atoms with van der Waals surface area (Å²) >= 11 is 0. The van der Waals surface area contributed by atoms with Gasteiger partial charge in [0.1, 0.15) is 0 Å². The third kappa shape index (κ3) is 2.70. The van der Waals surface area contributed by atoms with Crippen LogP contribution in [-0.2, 0) is 10.0 Å². The maximum absolute atomic E-state index is 12.4. The Balaban J connectivity index is 2.17. The molecule has 0 aliphatic rings. The molecule has 3 rings (SSSR count). The highest BCUT2D eigenvalue weighted by atomic mass is 32.2. The zero-order valence-corrected chi connectivity index (χ0v) is 13.4. The predicted molar refractivity (Wildman–Crippen MR) is 85.1 cm³/mol. The number of hydrogen-bond acceptors (Lipinski definition) is 4. The Hall–Kier alpha value is -2.67. The van der Waals surface area contributed by atoms with Crippen molar-refractivity contribution in [3.05, 3.63) is 70.3 Å². The molecule has 6 nitrogen and oxygen atoms in total. The molecule has 0 saturated carbocycles. The monoisotopic (exact) mass is 331 g/mol. The van der Waals surface area contributed by atoms with Crippen molar-refractivity contribution in [2.24, 2.45) is 0 Å². The van der Waals surface area contributed by atoms with Gasteiger partial charge in [0.25, 0.3) is 0 Å². The quantitative estimate of drug-likeness (QED) is 0.740. The molecule has 0 radical (unpaired) electrons. The smallest absolute Gasteiger partial charge is 0.369 e. The Bertz CT molecular complexity index is 1040. The Morgan fingerprint density at radius 2 is 1.70 bits per heavy atom. The third-order valence-electron chi connectivity index (χ3n) is 3.57. The minimum absolute atomic E-state index is 0.0654. The number of aromatic nitrogens is 1. The molecule has 0 fully saturated rings. The molecule has 0 unspecified atom stereocenters. The van der Waals surface area contributed by atoms with E-state index in [4.69, 9.17) is 4.42 Å². The van der Waals surface area contributed by atoms with Crippen LogP contribution >= 0.6 is 0 Å². The van der Waals surface area contributed by atoms with E-state index in [1.54, 1.807) is 31.2 Å². The number of benzene rings is 2. The van der Waals surface area contributed by atoms with Crippen LogP contribution in [-0.4, -0.2) is 8.42 Å². The average molecular weight is 331 g/mol. The van der Waals surface area contributed by atoms with Gasteiger partial charge in [-0.15, -0.1) is 0 Å². The molecule has 23 heavy (non-hydrogen) atoms. The van der Waals surface area contributed by atoms with Gasteiger partial charge in [-0.3, -0.25) is 0 Å². The first-order valence-corrected chi connectivity index (χ1v) is 8.41. The van der Waals surface area contributed by atoms with Gasteiger partial charge in [0.05, 0.1) is 10.3 Å². The van der Waals surface area contributed by atoms with Crippen LogP contribution in [0.4, 0.5) is 0 Å². The van der Waals surface area contributed by atoms with Gasteiger partial charge in [-0.1, -0.05) is 35.2 Å². The lowest BCUT2D eigenvalue weighted by Crippen LogP contribution is -2.61. The second-order valence-corrected chi connectivity index (χ2v) is 6.81. The van der Waals surface area contributed by atoms with E-state index in [9.17, 15) is 13.2 Å². The molecule has 3 aromatic rings. The third-order valence-corrected chi connectivity index (χ3v) is 4.89. The molecule has 118 valence electrons. The largest absolute Gasteiger partial charge is 0.632 e. The van der Waals surface area contributed by atoms with Crippen molar-refractivity contribution in [3.8, 4) is 0 Å². The van der Waals surface area contributed by atoms with E-state index in [-0.39, 0.29) is 4.90 Å². The van der Waals surface area contributed by atoms with E-state index in [2.05, 4.69) is 4.83 Å². The zero-order valence-electron chi connectivity index (χ0n) is 12.6. The second-order valence-electron chi connectivity index (χ2n) is 5.15. The molecule has 0 atom stereocenters. The number of hydrogen-bond donors (Lipinski definition) is 1. The number of sulfonamides is 1. The Kier molecular flexibility index (Phi) is 3.65. The summed E-state index contributed by atoms with van der Waals surface area (Å²) in [5.41, 5.74) is 1.71. The van der Waals surface area contributed by atoms with Crippen molar-refractivity contribution in [1.29, 1.82) is 0 Å². The van der Waals surface area contributed by atoms with Crippen LogP contribution < -0.4 is 15.3 Å². The molecular weight excluding hydrogens is 316 g/mol. The fraction of sp³-hybridized carbons (Fsp3) is 0.125. The van der Waals surface area contributed by atoms with Crippen LogP contribution in [0.3, 0.4) is 0 Å². The van der Waals surface area contributed by atoms with Crippen LogP contribution in [0.2, 0.25) is 0 Å². The topological polar surface area (TPSA) is 80.3 Å². The van der Waals surface area contributed by atoms with E-state index in [1.807, 2.05) is 19.1 Å². The maximum atomic E-state index is 12.4. The summed E-state index contributed by atoms with van der Waals surface area (Å²) in [6.07, 6.45) is 0. The van der Waals surface area contributed by atoms with Gasteiger partial charge < -0.3 is 4.42 Å². The van der Waals surface area contributed by atoms with E-state index < -0.39 is 15.8 Å². The van der Waals surface area contributed by atoms with Gasteiger partial charge in [-0.2, -0.15) is 13.2 Å². The van der Waals surface area contributed by atoms with Crippen LogP contribution in [0.1, 0.15) is 11.3 Å². The van der Waals surface area contributed by atoms with Crippen molar-refractivity contribution in [3.63, 3.8) is 0 Å². The summed E-state index contributed by atoms with van der Waals surface area (Å²) in [7, 11) is -3.88. The van der Waals surface area contributed by atoms with Gasteiger partial charge in [0, 0.05) is 11.6 Å². The van der Waals surface area contributed by atoms with Crippen LogP contribution in [0.25, 0.3) is 11.0 Å². The van der Waals surface area contributed by atoms with Crippen molar-refractivity contribution >= 4 is 21.0 Å². The molecule has 7 heteroatoms. The van der Waals surface area contributed by atoms with E-state index in [1.165, 1.54) is 12.1 Å². The van der Waals surface area contributed by atoms with Crippen molar-refractivity contribution in [1.82, 2.24) is 0 Å². The molecule has 0 aliphatic carbocycles. The molecule has 0 saturated heterocycles. The first-order chi connectivity index (χ1) is 10.9. The lowest BCUT2D eigenvalue weighted by atomic mass is 10.1. The van der Waals surface area contributed by atoms with Crippen molar-refractivity contribution in [2.45, 2.75) is 18.7 Å². The summed E-state index contributed by atoms with van der Waals surface area (Å²) < 4.78 is 31.0. The molecule has 1 aromatic heterocycles. The minimum Gasteiger partial charge on any atom is -0.369 e. The van der Waals surface area contributed by atoms with Gasteiger partial charge in [-0.25, -0.2) is 0 Å². The van der Waals surface area contributed by atoms with E-state index in [0.29, 0.717) is 16.7 Å². The highest BCUT2D eigenvalue weighted by Gasteiger charge is 2.26. The highest BCUT2D eigenvalue weighted by molar-refractivity contribution is 7.92. The van der Waals surface area contributed by atoms with Crippen LogP contribution in [0, 0.1) is 13.8 Å². The summed E-state index contributed by atoms with van der Waals surface area (Å²) in [6, 6.07) is 13.2. The fourth-order valence-corrected chi connectivity index (χ4v) is 3.41. The summed E-state index contributed by atoms with van der Waals surface area (Å²) in [4.78, 5) is 14.5. The van der Waals surface area contributed by atoms with Gasteiger partial charge in [0.2, 0.25) is 5.69 Å². The molecule has 0 spiro atoms. The fourth-order valence-electron chi connectivity index (χ4n) is 2.34. The molecule has 0 bridgehead atoms. The van der Waals surface area contributed by atoms with Crippen LogP contribution in [0.5, 0.6) is 0 Å². The first kappa shape index (κ1) is 15.2. The lowest BCUT2D eigenvalue weighted by Gasteiger charge is -2.05. The normalized spacial score (nSPS) is 11.6. The van der Waals surface area contributed by atoms with Crippen molar-refractivity contribution < 1.29 is 17.5 Å². The van der Waals surface area contributed by atoms with Crippen molar-refractivity contribution in [2.75, 3.05) is 4.83 Å². The number of fused-ring (bicyclic) bond motifs is 1. The predicted octanol–water partition coefficient (Wildman–Crippen LogP) is 1.63. The Morgan fingerprint density at radius 1 is 1.00 bits per heavy atom. The number of nitrogens with zero attached hydrogens (tertiary/aromatic N) is 1. The number of rotatable bonds is 3. The number of para-hydroxylation sites is 1. The maximum Gasteiger partial charge on any atom is 0.632 e. The summed E-state index contributed by atoms with van der Waals surface area (Å²) in [6.45, 7) is 3.48. The average Bonchev–Trinajstić information content (AvgIpc) is 2.53. The Morgan fingerprint density at radius 3 is 2.39 bits per heavy atom. The first-order valence-electron chi connectivity index (χ1n) is 6.93. The molecule has 2 aromatic carbocycles. The summed E-state index contributed by atoms with van der Waals surface area (Å²) in [5, 5.41) is 0.667. The molecule has 1 N–H and O–H groups in total. The van der Waals surface area contributed by atoms with E-state index >= 15 is 0 Å². The molecule has 1 heterocycles. The standard InChI is InChI=1S/C16H15N2O4S/c1-11-7-6-10-14-12(2)18(16(19)22-15(11)14)17-23(20,21)13-8-4-3-5-9-13/h3-10,17H,1-2H3/q+1. The highest BCUT2D eigenvalue weighted by Crippen LogP contribution is 2.17. The molecule has 0 aliphatic heterocycles. The van der Waals surface area contributed by atoms with Gasteiger partial charge >= 0.3 is 15.8 Å². The van der Waals surface area contributed by atoms with Gasteiger partial charge in [-0.05, 0) is 30.7 Å². The Labute approximate surface area is 133 Å². The number of nitrogens with one attached hydrogen (secondary N) is 1. The second kappa shape index (κ2) is 5.51. The molecule has 0 amide bonds. The molecular formula is C16H15N2O4S+. The van der Waals surface area contributed by atoms with Crippen LogP contribution in [0.15, 0.2) is 62.6 Å². The SMILES string of the molecule is Cc1cccc2c(C)[n+](NS(=O)(=O)c3ccccc3)c(=O)oc12. The van der Waals surface area contributed by atoms with Gasteiger partial charge in [0.15, 0.2) is 5.58 Å². The number of aryl methyl sites for hydroxylation is 2. The zero-order chi connectivity index (χ0) is 16.6. The lowest BCUT2D eigenvalue weighted by molar-refractivity contribution is -0.668. The minimum atomic E-state index is -3.88.